The number of rotatable bonds is 0. The Labute approximate surface area is 43.4 Å². The molecule has 1 heterocycles. The van der Waals surface area contributed by atoms with Gasteiger partial charge in [-0.05, 0) is 0 Å². The molecule has 0 aromatic carbocycles. The van der Waals surface area contributed by atoms with Gasteiger partial charge in [-0.3, -0.25) is 0 Å². The molecule has 32 valence electrons. The van der Waals surface area contributed by atoms with E-state index >= 15 is 0 Å². The van der Waals surface area contributed by atoms with Gasteiger partial charge in [-0.1, -0.05) is 22.7 Å². The van der Waals surface area contributed by atoms with Gasteiger partial charge in [0, 0.05) is 10.8 Å². The van der Waals surface area contributed by atoms with Crippen LogP contribution in [0.25, 0.3) is 0 Å². The Kier molecular flexibility index (Phi) is 1.03. The summed E-state index contributed by atoms with van der Waals surface area (Å²) in [6, 6.07) is 0. The van der Waals surface area contributed by atoms with Crippen LogP contribution in [0.3, 0.4) is 0 Å². The van der Waals surface area contributed by atoms with Crippen LogP contribution in [0.4, 0.5) is 0 Å². The lowest BCUT2D eigenvalue weighted by Gasteiger charge is -1.40. The number of nitrogens with two attached hydrogens (primary N) is 1. The second kappa shape index (κ2) is 1.53. The molecule has 1 aromatic rings. The van der Waals surface area contributed by atoms with E-state index in [-0.39, 0.29) is 0 Å². The molecule has 0 unspecified atom stereocenters. The average molecular weight is 118 g/mol. The fourth-order valence-electron chi connectivity index (χ4n) is 0.217. The zero-order valence-corrected chi connectivity index (χ0v) is 4.68. The van der Waals surface area contributed by atoms with Crippen LogP contribution < -0.4 is 9.39 Å². The summed E-state index contributed by atoms with van der Waals surface area (Å²) < 4.78 is 0.926. The van der Waals surface area contributed by atoms with Gasteiger partial charge < -0.3 is 0 Å². The fraction of sp³-hybridized carbons (Fsp3) is 0. The summed E-state index contributed by atoms with van der Waals surface area (Å²) in [5.41, 5.74) is 0. The van der Waals surface area contributed by atoms with Crippen molar-refractivity contribution >= 4 is 22.7 Å². The first-order valence-corrected chi connectivity index (χ1v) is 3.26. The van der Waals surface area contributed by atoms with Gasteiger partial charge in [0.05, 0.1) is 0 Å². The third-order valence-corrected chi connectivity index (χ3v) is 2.18. The Bertz CT molecular complexity index is 147. The molecule has 3 heteroatoms. The van der Waals surface area contributed by atoms with Gasteiger partial charge >= 0.3 is 3.98 Å². The monoisotopic (exact) mass is 118 g/mol. The topological polar surface area (TPSA) is 25.6 Å². The first-order valence-electron chi connectivity index (χ1n) is 1.50. The molecule has 0 aliphatic rings. The lowest BCUT2D eigenvalue weighted by atomic mass is 11.2. The SMILES string of the molecule is [NH2+]=c1sccs1. The zero-order chi connectivity index (χ0) is 4.41. The van der Waals surface area contributed by atoms with Gasteiger partial charge in [0.2, 0.25) is 0 Å². The molecular weight excluding hydrogens is 114 g/mol. The molecule has 1 aromatic heterocycles. The predicted molar refractivity (Wildman–Crippen MR) is 27.3 cm³/mol. The molecular formula is C3H4NS2+. The van der Waals surface area contributed by atoms with Gasteiger partial charge in [-0.25, -0.2) is 5.41 Å². The van der Waals surface area contributed by atoms with Crippen LogP contribution in [0.1, 0.15) is 0 Å². The van der Waals surface area contributed by atoms with E-state index in [2.05, 4.69) is 0 Å². The highest BCUT2D eigenvalue weighted by molar-refractivity contribution is 7.24. The first kappa shape index (κ1) is 4.02. The Morgan fingerprint density at radius 2 is 1.83 bits per heavy atom. The van der Waals surface area contributed by atoms with Crippen LogP contribution >= 0.6 is 22.7 Å². The van der Waals surface area contributed by atoms with Gasteiger partial charge in [0.15, 0.2) is 0 Å². The quantitative estimate of drug-likeness (QED) is 0.474. The summed E-state index contributed by atoms with van der Waals surface area (Å²) in [4.78, 5) is 0. The maximum atomic E-state index is 5.31. The highest BCUT2D eigenvalue weighted by atomic mass is 32.2. The van der Waals surface area contributed by atoms with E-state index in [9.17, 15) is 0 Å². The standard InChI is InChI=1S/C3H3NS2/c4-3-5-1-2-6-3/h1-2,4H/p+1. The molecule has 2 N–H and O–H groups in total. The minimum atomic E-state index is 0.926. The maximum absolute atomic E-state index is 5.31. The number of hydrogen-bond donors (Lipinski definition) is 1. The van der Waals surface area contributed by atoms with E-state index in [0.29, 0.717) is 0 Å². The third-order valence-electron chi connectivity index (χ3n) is 0.424. The Morgan fingerprint density at radius 1 is 1.33 bits per heavy atom. The van der Waals surface area contributed by atoms with Crippen molar-refractivity contribution in [2.45, 2.75) is 0 Å². The summed E-state index contributed by atoms with van der Waals surface area (Å²) in [6.45, 7) is 0. The van der Waals surface area contributed by atoms with Crippen LogP contribution in [0, 0.1) is 0 Å². The predicted octanol–water partition coefficient (Wildman–Crippen LogP) is -0.531. The molecule has 0 aliphatic heterocycles. The van der Waals surface area contributed by atoms with Crippen molar-refractivity contribution in [1.82, 2.24) is 0 Å². The average Bonchev–Trinajstić information content (AvgIpc) is 1.86. The normalized spacial score (nSPS) is 8.67. The minimum absolute atomic E-state index is 0.926. The second-order valence-electron chi connectivity index (χ2n) is 0.827. The Morgan fingerprint density at radius 3 is 2.00 bits per heavy atom. The smallest absolute Gasteiger partial charge is 0.236 e. The lowest BCUT2D eigenvalue weighted by molar-refractivity contribution is -0.161. The molecule has 0 bridgehead atoms. The molecule has 0 fully saturated rings. The van der Waals surface area contributed by atoms with Crippen LogP contribution in [0.5, 0.6) is 0 Å². The van der Waals surface area contributed by atoms with Gasteiger partial charge in [-0.2, -0.15) is 0 Å². The molecule has 0 saturated heterocycles. The highest BCUT2D eigenvalue weighted by Crippen LogP contribution is 1.88. The van der Waals surface area contributed by atoms with Gasteiger partial charge in [-0.15, -0.1) is 0 Å². The molecule has 6 heavy (non-hydrogen) atoms. The van der Waals surface area contributed by atoms with Crippen LogP contribution in [-0.2, 0) is 0 Å². The summed E-state index contributed by atoms with van der Waals surface area (Å²) in [5, 5.41) is 9.26. The van der Waals surface area contributed by atoms with E-state index < -0.39 is 0 Å². The molecule has 0 atom stereocenters. The third kappa shape index (κ3) is 0.666. The lowest BCUT2D eigenvalue weighted by Crippen LogP contribution is -2.40. The van der Waals surface area contributed by atoms with Crippen molar-refractivity contribution in [1.29, 1.82) is 0 Å². The van der Waals surface area contributed by atoms with Crippen LogP contribution in [0.2, 0.25) is 0 Å². The highest BCUT2D eigenvalue weighted by Gasteiger charge is 1.76. The van der Waals surface area contributed by atoms with Crippen molar-refractivity contribution in [2.75, 3.05) is 0 Å². The van der Waals surface area contributed by atoms with Crippen molar-refractivity contribution in [3.05, 3.63) is 14.7 Å². The minimum Gasteiger partial charge on any atom is -0.236 e. The molecule has 0 aliphatic carbocycles. The van der Waals surface area contributed by atoms with Gasteiger partial charge in [0.1, 0.15) is 0 Å². The first-order chi connectivity index (χ1) is 2.89. The van der Waals surface area contributed by atoms with E-state index in [1.54, 1.807) is 22.7 Å². The second-order valence-corrected chi connectivity index (χ2v) is 2.98. The molecule has 1 rings (SSSR count). The van der Waals surface area contributed by atoms with E-state index in [4.69, 9.17) is 5.41 Å². The fourth-order valence-corrected chi connectivity index (χ4v) is 1.49. The van der Waals surface area contributed by atoms with Crippen molar-refractivity contribution in [3.8, 4) is 0 Å². The van der Waals surface area contributed by atoms with Crippen molar-refractivity contribution in [2.24, 2.45) is 0 Å². The summed E-state index contributed by atoms with van der Waals surface area (Å²) in [6.07, 6.45) is 0. The number of hydrogen-bond acceptors (Lipinski definition) is 2. The molecule has 0 radical (unpaired) electrons. The van der Waals surface area contributed by atoms with Crippen LogP contribution in [-0.4, -0.2) is 0 Å². The van der Waals surface area contributed by atoms with Crippen molar-refractivity contribution < 1.29 is 5.41 Å². The largest absolute Gasteiger partial charge is 0.310 e. The van der Waals surface area contributed by atoms with Crippen LogP contribution in [0.15, 0.2) is 10.8 Å². The molecule has 0 saturated carbocycles. The van der Waals surface area contributed by atoms with Crippen molar-refractivity contribution in [3.63, 3.8) is 0 Å². The Balaban J connectivity index is 3.41. The molecule has 1 nitrogen and oxygen atoms in total. The summed E-state index contributed by atoms with van der Waals surface area (Å²) >= 11 is 3.15. The summed E-state index contributed by atoms with van der Waals surface area (Å²) in [7, 11) is 0. The molecule has 0 amide bonds. The Hall–Kier alpha value is -0.150. The maximum Gasteiger partial charge on any atom is 0.310 e. The van der Waals surface area contributed by atoms with E-state index in [1.807, 2.05) is 10.8 Å². The summed E-state index contributed by atoms with van der Waals surface area (Å²) in [5.74, 6) is 0. The van der Waals surface area contributed by atoms with E-state index in [1.165, 1.54) is 0 Å². The van der Waals surface area contributed by atoms with E-state index in [0.717, 1.165) is 3.98 Å². The van der Waals surface area contributed by atoms with Gasteiger partial charge in [0.25, 0.3) is 0 Å². The zero-order valence-electron chi connectivity index (χ0n) is 3.05. The molecule has 0 spiro atoms.